The number of halogens is 2. The molecule has 2 aromatic rings. The number of rotatable bonds is 5. The van der Waals surface area contributed by atoms with Crippen LogP contribution in [-0.4, -0.2) is 23.0 Å². The smallest absolute Gasteiger partial charge is 0.309 e. The maximum atomic E-state index is 11.4. The molecule has 0 aliphatic heterocycles. The maximum absolute atomic E-state index is 11.4. The molecule has 0 bridgehead atoms. The molecular weight excluding hydrogens is 424 g/mol. The van der Waals surface area contributed by atoms with Gasteiger partial charge in [0.15, 0.2) is 5.16 Å². The lowest BCUT2D eigenvalue weighted by molar-refractivity contribution is -0.139. The van der Waals surface area contributed by atoms with Crippen LogP contribution in [0.2, 0.25) is 5.15 Å². The molecule has 130 valence electrons. The van der Waals surface area contributed by atoms with E-state index in [1.165, 1.54) is 24.4 Å². The summed E-state index contributed by atoms with van der Waals surface area (Å²) in [6.45, 7) is 2.12. The maximum Gasteiger partial charge on any atom is 0.309 e. The van der Waals surface area contributed by atoms with Crippen molar-refractivity contribution in [1.29, 1.82) is 0 Å². The highest BCUT2D eigenvalue weighted by atomic mass is 79.9. The van der Waals surface area contributed by atoms with Crippen LogP contribution in [0.5, 0.6) is 0 Å². The van der Waals surface area contributed by atoms with Crippen LogP contribution < -0.4 is 0 Å². The van der Waals surface area contributed by atoms with E-state index >= 15 is 0 Å². The van der Waals surface area contributed by atoms with Crippen LogP contribution in [0.4, 0.5) is 0 Å². The summed E-state index contributed by atoms with van der Waals surface area (Å²) in [4.78, 5) is 21.5. The van der Waals surface area contributed by atoms with Gasteiger partial charge in [-0.15, -0.1) is 0 Å². The minimum Gasteiger partial charge on any atom is -0.469 e. The summed E-state index contributed by atoms with van der Waals surface area (Å²) in [6, 6.07) is 7.70. The number of ether oxygens (including phenoxy) is 1. The van der Waals surface area contributed by atoms with Crippen LogP contribution in [0.25, 0.3) is 4.48 Å². The van der Waals surface area contributed by atoms with E-state index in [4.69, 9.17) is 16.3 Å². The lowest BCUT2D eigenvalue weighted by Crippen LogP contribution is -2.04. The molecule has 1 aromatic heterocycles. The quantitative estimate of drug-likeness (QED) is 0.370. The number of nitrogens with zero attached hydrogens (tertiary/aromatic N) is 2. The SMILES string of the molecule is CCC1=C(Br)c2c(Cl)nc(Sc3cccc(CC(=O)OC)c3)nc2C1. The number of benzene rings is 1. The van der Waals surface area contributed by atoms with Crippen LogP contribution in [0.3, 0.4) is 0 Å². The number of carbonyl (C=O) groups excluding carboxylic acids is 1. The Morgan fingerprint density at radius 3 is 2.92 bits per heavy atom. The predicted octanol–water partition coefficient (Wildman–Crippen LogP) is 5.07. The molecule has 1 aliphatic carbocycles. The first-order chi connectivity index (χ1) is 12.0. The van der Waals surface area contributed by atoms with Crippen LogP contribution in [0.1, 0.15) is 30.2 Å². The van der Waals surface area contributed by atoms with Gasteiger partial charge >= 0.3 is 5.97 Å². The van der Waals surface area contributed by atoms with E-state index in [9.17, 15) is 4.79 Å². The number of allylic oxidation sites excluding steroid dienone is 1. The molecule has 3 rings (SSSR count). The summed E-state index contributed by atoms with van der Waals surface area (Å²) < 4.78 is 5.73. The fourth-order valence-corrected chi connectivity index (χ4v) is 4.79. The first-order valence-electron chi connectivity index (χ1n) is 7.79. The highest BCUT2D eigenvalue weighted by Crippen LogP contribution is 2.41. The van der Waals surface area contributed by atoms with Gasteiger partial charge in [-0.05, 0) is 41.5 Å². The third kappa shape index (κ3) is 4.07. The van der Waals surface area contributed by atoms with Gasteiger partial charge in [0.25, 0.3) is 0 Å². The molecule has 1 aromatic carbocycles. The van der Waals surface area contributed by atoms with Gasteiger partial charge in [-0.2, -0.15) is 0 Å². The number of esters is 1. The molecule has 0 unspecified atom stereocenters. The number of aromatic nitrogens is 2. The lowest BCUT2D eigenvalue weighted by Gasteiger charge is -2.07. The van der Waals surface area contributed by atoms with E-state index in [0.29, 0.717) is 10.3 Å². The Hall–Kier alpha value is -1.37. The van der Waals surface area contributed by atoms with Crippen molar-refractivity contribution in [1.82, 2.24) is 9.97 Å². The fraction of sp³-hybridized carbons (Fsp3) is 0.278. The molecule has 1 heterocycles. The minimum atomic E-state index is -0.262. The zero-order valence-electron chi connectivity index (χ0n) is 13.8. The van der Waals surface area contributed by atoms with E-state index in [-0.39, 0.29) is 12.4 Å². The standard InChI is InChI=1S/C18H16BrClN2O2S/c1-3-11-9-13-15(16(11)19)17(20)22-18(21-13)25-12-6-4-5-10(7-12)8-14(23)24-2/h4-7H,3,8-9H2,1-2H3. The Balaban J connectivity index is 1.83. The summed E-state index contributed by atoms with van der Waals surface area (Å²) in [5.74, 6) is -0.262. The molecule has 0 saturated heterocycles. The van der Waals surface area contributed by atoms with Gasteiger partial charge in [0, 0.05) is 21.4 Å². The highest BCUT2D eigenvalue weighted by molar-refractivity contribution is 9.15. The molecule has 0 amide bonds. The van der Waals surface area contributed by atoms with Crippen molar-refractivity contribution in [2.75, 3.05) is 7.11 Å². The second-order valence-electron chi connectivity index (χ2n) is 5.57. The van der Waals surface area contributed by atoms with Gasteiger partial charge in [0.2, 0.25) is 0 Å². The van der Waals surface area contributed by atoms with E-state index in [1.807, 2.05) is 24.3 Å². The molecule has 0 radical (unpaired) electrons. The molecule has 0 saturated carbocycles. The Kier molecular flexibility index (Phi) is 5.81. The summed E-state index contributed by atoms with van der Waals surface area (Å²) in [5, 5.41) is 1.07. The molecule has 7 heteroatoms. The summed E-state index contributed by atoms with van der Waals surface area (Å²) >= 11 is 11.4. The van der Waals surface area contributed by atoms with Crippen molar-refractivity contribution < 1.29 is 9.53 Å². The topological polar surface area (TPSA) is 52.1 Å². The first kappa shape index (κ1) is 18.4. The molecular formula is C18H16BrClN2O2S. The van der Waals surface area contributed by atoms with E-state index in [1.54, 1.807) is 0 Å². The number of hydrogen-bond acceptors (Lipinski definition) is 5. The highest BCUT2D eigenvalue weighted by Gasteiger charge is 2.24. The van der Waals surface area contributed by atoms with Gasteiger partial charge in [-0.3, -0.25) is 4.79 Å². The van der Waals surface area contributed by atoms with Crippen molar-refractivity contribution in [2.45, 2.75) is 36.2 Å². The molecule has 1 aliphatic rings. The Morgan fingerprint density at radius 1 is 1.40 bits per heavy atom. The monoisotopic (exact) mass is 438 g/mol. The van der Waals surface area contributed by atoms with Gasteiger partial charge in [-0.1, -0.05) is 46.6 Å². The summed E-state index contributed by atoms with van der Waals surface area (Å²) in [5.41, 5.74) is 4.04. The Bertz CT molecular complexity index is 870. The summed E-state index contributed by atoms with van der Waals surface area (Å²) in [6.07, 6.45) is 1.99. The van der Waals surface area contributed by atoms with Gasteiger partial charge in [-0.25, -0.2) is 9.97 Å². The number of methoxy groups -OCH3 is 1. The fourth-order valence-electron chi connectivity index (χ4n) is 2.65. The number of carbonyl (C=O) groups is 1. The number of hydrogen-bond donors (Lipinski definition) is 0. The van der Waals surface area contributed by atoms with Gasteiger partial charge < -0.3 is 4.74 Å². The van der Waals surface area contributed by atoms with Crippen molar-refractivity contribution in [3.8, 4) is 0 Å². The average Bonchev–Trinajstić information content (AvgIpc) is 2.91. The van der Waals surface area contributed by atoms with E-state index in [2.05, 4.69) is 32.8 Å². The molecule has 25 heavy (non-hydrogen) atoms. The Labute approximate surface area is 164 Å². The van der Waals surface area contributed by atoms with Gasteiger partial charge in [0.1, 0.15) is 5.15 Å². The van der Waals surface area contributed by atoms with Crippen LogP contribution in [-0.2, 0) is 22.4 Å². The second kappa shape index (κ2) is 7.89. The van der Waals surface area contributed by atoms with Crippen LogP contribution in [0.15, 0.2) is 39.9 Å². The van der Waals surface area contributed by atoms with Crippen molar-refractivity contribution >= 4 is 49.7 Å². The largest absolute Gasteiger partial charge is 0.469 e. The van der Waals surface area contributed by atoms with Crippen molar-refractivity contribution in [2.24, 2.45) is 0 Å². The predicted molar refractivity (Wildman–Crippen MR) is 103 cm³/mol. The molecule has 0 atom stereocenters. The van der Waals surface area contributed by atoms with Crippen LogP contribution >= 0.6 is 39.3 Å². The van der Waals surface area contributed by atoms with Crippen molar-refractivity contribution in [3.05, 3.63) is 51.8 Å². The molecule has 0 fully saturated rings. The normalized spacial score (nSPS) is 13.1. The zero-order valence-corrected chi connectivity index (χ0v) is 17.0. The van der Waals surface area contributed by atoms with Crippen LogP contribution in [0, 0.1) is 0 Å². The third-order valence-electron chi connectivity index (χ3n) is 3.94. The summed E-state index contributed by atoms with van der Waals surface area (Å²) in [7, 11) is 1.39. The third-order valence-corrected chi connectivity index (χ3v) is 6.03. The van der Waals surface area contributed by atoms with E-state index in [0.717, 1.165) is 39.0 Å². The van der Waals surface area contributed by atoms with Crippen molar-refractivity contribution in [3.63, 3.8) is 0 Å². The zero-order chi connectivity index (χ0) is 18.0. The number of fused-ring (bicyclic) bond motifs is 1. The minimum absolute atomic E-state index is 0.243. The Morgan fingerprint density at radius 2 is 2.20 bits per heavy atom. The average molecular weight is 440 g/mol. The molecule has 4 nitrogen and oxygen atoms in total. The molecule has 0 N–H and O–H groups in total. The van der Waals surface area contributed by atoms with Gasteiger partial charge in [0.05, 0.1) is 19.2 Å². The second-order valence-corrected chi connectivity index (χ2v) is 7.76. The van der Waals surface area contributed by atoms with E-state index < -0.39 is 0 Å². The molecule has 0 spiro atoms. The lowest BCUT2D eigenvalue weighted by atomic mass is 10.1. The first-order valence-corrected chi connectivity index (χ1v) is 9.78.